The van der Waals surface area contributed by atoms with Gasteiger partial charge in [-0.3, -0.25) is 0 Å². The molecule has 0 aliphatic carbocycles. The number of rotatable bonds is 0. The van der Waals surface area contributed by atoms with Crippen molar-refractivity contribution in [2.45, 2.75) is 9.79 Å². The van der Waals surface area contributed by atoms with Gasteiger partial charge in [-0.15, -0.1) is 0 Å². The van der Waals surface area contributed by atoms with Crippen LogP contribution < -0.4 is 0 Å². The van der Waals surface area contributed by atoms with Crippen LogP contribution in [0.5, 0.6) is 0 Å². The summed E-state index contributed by atoms with van der Waals surface area (Å²) in [5, 5.41) is 1.23. The van der Waals surface area contributed by atoms with E-state index in [9.17, 15) is 0 Å². The fourth-order valence-corrected chi connectivity index (χ4v) is 3.39. The predicted octanol–water partition coefficient (Wildman–Crippen LogP) is 3.81. The van der Waals surface area contributed by atoms with E-state index in [-0.39, 0.29) is 5.28 Å². The van der Waals surface area contributed by atoms with Crippen molar-refractivity contribution in [3.05, 3.63) is 41.8 Å². The Labute approximate surface area is 112 Å². The average Bonchev–Trinajstić information content (AvgIpc) is 2.38. The first-order valence-corrected chi connectivity index (χ1v) is 6.62. The summed E-state index contributed by atoms with van der Waals surface area (Å²) >= 11 is 7.69. The first kappa shape index (κ1) is 10.3. The summed E-state index contributed by atoms with van der Waals surface area (Å²) in [6.07, 6.45) is 1.76. The van der Waals surface area contributed by atoms with Crippen molar-refractivity contribution in [2.75, 3.05) is 0 Å². The van der Waals surface area contributed by atoms with Crippen molar-refractivity contribution >= 4 is 34.4 Å². The third kappa shape index (κ3) is 1.36. The van der Waals surface area contributed by atoms with Crippen molar-refractivity contribution in [3.63, 3.8) is 0 Å². The van der Waals surface area contributed by atoms with Gasteiger partial charge < -0.3 is 0 Å². The van der Waals surface area contributed by atoms with E-state index in [1.165, 1.54) is 4.90 Å². The summed E-state index contributed by atoms with van der Waals surface area (Å²) in [6.45, 7) is 0. The molecule has 1 aliphatic heterocycles. The van der Waals surface area contributed by atoms with E-state index in [1.54, 1.807) is 18.0 Å². The number of halogens is 1. The third-order valence-corrected chi connectivity index (χ3v) is 4.20. The van der Waals surface area contributed by atoms with Gasteiger partial charge in [0.2, 0.25) is 5.28 Å². The molecule has 3 aromatic rings. The van der Waals surface area contributed by atoms with Crippen molar-refractivity contribution in [2.24, 2.45) is 0 Å². The topological polar surface area (TPSA) is 38.7 Å². The molecule has 0 bridgehead atoms. The van der Waals surface area contributed by atoms with Gasteiger partial charge in [-0.1, -0.05) is 30.0 Å². The van der Waals surface area contributed by atoms with Gasteiger partial charge in [0.05, 0.1) is 11.1 Å². The zero-order valence-electron chi connectivity index (χ0n) is 9.09. The average molecular weight is 272 g/mol. The molecule has 1 aliphatic rings. The highest BCUT2D eigenvalue weighted by Gasteiger charge is 2.21. The van der Waals surface area contributed by atoms with Crippen LogP contribution in [0.2, 0.25) is 5.28 Å². The number of nitrogens with zero attached hydrogens (tertiary/aromatic N) is 3. The Morgan fingerprint density at radius 3 is 2.83 bits per heavy atom. The van der Waals surface area contributed by atoms with Gasteiger partial charge in [-0.25, -0.2) is 9.97 Å². The summed E-state index contributed by atoms with van der Waals surface area (Å²) < 4.78 is 0. The van der Waals surface area contributed by atoms with E-state index in [0.29, 0.717) is 5.65 Å². The minimum Gasteiger partial charge on any atom is -0.236 e. The minimum absolute atomic E-state index is 0.240. The van der Waals surface area contributed by atoms with Crippen LogP contribution in [0.3, 0.4) is 0 Å². The van der Waals surface area contributed by atoms with Gasteiger partial charge in [0, 0.05) is 21.6 Å². The van der Waals surface area contributed by atoms with Crippen molar-refractivity contribution in [1.82, 2.24) is 15.0 Å². The van der Waals surface area contributed by atoms with E-state index in [1.807, 2.05) is 18.2 Å². The van der Waals surface area contributed by atoms with Gasteiger partial charge in [0.1, 0.15) is 0 Å². The Balaban J connectivity index is 2.22. The Morgan fingerprint density at radius 1 is 1.00 bits per heavy atom. The molecule has 2 aromatic heterocycles. The summed E-state index contributed by atoms with van der Waals surface area (Å²) in [7, 11) is 0. The van der Waals surface area contributed by atoms with Crippen LogP contribution >= 0.6 is 23.4 Å². The molecule has 0 fully saturated rings. The Bertz CT molecular complexity index is 788. The fourth-order valence-electron chi connectivity index (χ4n) is 2.15. The molecule has 3 heterocycles. The van der Waals surface area contributed by atoms with Crippen LogP contribution in [0, 0.1) is 0 Å². The molecular formula is C13H6ClN3S. The highest BCUT2D eigenvalue weighted by molar-refractivity contribution is 7.99. The maximum Gasteiger partial charge on any atom is 0.225 e. The van der Waals surface area contributed by atoms with Crippen LogP contribution in [0.4, 0.5) is 0 Å². The first-order valence-electron chi connectivity index (χ1n) is 5.42. The number of benzene rings is 1. The van der Waals surface area contributed by atoms with E-state index in [2.05, 4.69) is 27.1 Å². The van der Waals surface area contributed by atoms with E-state index in [0.717, 1.165) is 21.5 Å². The quantitative estimate of drug-likeness (QED) is 0.456. The third-order valence-electron chi connectivity index (χ3n) is 2.89. The number of hydrogen-bond acceptors (Lipinski definition) is 4. The predicted molar refractivity (Wildman–Crippen MR) is 71.9 cm³/mol. The first-order chi connectivity index (χ1) is 8.83. The van der Waals surface area contributed by atoms with Crippen LogP contribution in [0.25, 0.3) is 22.3 Å². The number of aromatic nitrogens is 3. The van der Waals surface area contributed by atoms with Crippen LogP contribution in [-0.4, -0.2) is 15.0 Å². The van der Waals surface area contributed by atoms with Gasteiger partial charge in [-0.05, 0) is 23.7 Å². The second kappa shape index (κ2) is 3.67. The number of fused-ring (bicyclic) bond motifs is 2. The minimum atomic E-state index is 0.240. The molecule has 0 unspecified atom stereocenters. The van der Waals surface area contributed by atoms with Gasteiger partial charge >= 0.3 is 0 Å². The van der Waals surface area contributed by atoms with Crippen LogP contribution in [0.15, 0.2) is 46.3 Å². The molecule has 0 radical (unpaired) electrons. The molecule has 5 heteroatoms. The zero-order chi connectivity index (χ0) is 12.1. The summed E-state index contributed by atoms with van der Waals surface area (Å²) in [5.74, 6) is 0. The summed E-state index contributed by atoms with van der Waals surface area (Å²) in [4.78, 5) is 15.1. The lowest BCUT2D eigenvalue weighted by atomic mass is 10.1. The lowest BCUT2D eigenvalue weighted by Crippen LogP contribution is -1.99. The highest BCUT2D eigenvalue weighted by atomic mass is 35.5. The van der Waals surface area contributed by atoms with Crippen molar-refractivity contribution < 1.29 is 0 Å². The molecule has 0 spiro atoms. The standard InChI is InChI=1S/C13H6ClN3S/c14-13-16-11-7-3-1-2-4-8(7)18-9-5-6-15-12(17-13)10(9)11/h1-6H. The molecule has 3 nitrogen and oxygen atoms in total. The maximum atomic E-state index is 5.98. The van der Waals surface area contributed by atoms with E-state index in [4.69, 9.17) is 11.6 Å². The molecule has 0 atom stereocenters. The zero-order valence-corrected chi connectivity index (χ0v) is 10.7. The SMILES string of the molecule is Clc1nc2c3c(ccnc3n1)Sc1ccccc1-2. The molecule has 4 rings (SSSR count). The Morgan fingerprint density at radius 2 is 1.89 bits per heavy atom. The second-order valence-corrected chi connectivity index (χ2v) is 5.37. The molecule has 0 amide bonds. The maximum absolute atomic E-state index is 5.98. The molecule has 18 heavy (non-hydrogen) atoms. The highest BCUT2D eigenvalue weighted by Crippen LogP contribution is 2.45. The molecule has 0 saturated heterocycles. The monoisotopic (exact) mass is 271 g/mol. The second-order valence-electron chi connectivity index (χ2n) is 3.95. The van der Waals surface area contributed by atoms with Gasteiger partial charge in [-0.2, -0.15) is 4.98 Å². The van der Waals surface area contributed by atoms with Crippen molar-refractivity contribution in [1.29, 1.82) is 0 Å². The smallest absolute Gasteiger partial charge is 0.225 e. The Hall–Kier alpha value is -1.65. The molecule has 86 valence electrons. The molecule has 1 aromatic carbocycles. The molecule has 0 N–H and O–H groups in total. The van der Waals surface area contributed by atoms with Gasteiger partial charge in [0.25, 0.3) is 0 Å². The Kier molecular flexibility index (Phi) is 2.10. The normalized spacial score (nSPS) is 12.5. The lowest BCUT2D eigenvalue weighted by Gasteiger charge is -2.17. The number of hydrogen-bond donors (Lipinski definition) is 0. The largest absolute Gasteiger partial charge is 0.236 e. The molecular weight excluding hydrogens is 266 g/mol. The summed E-state index contributed by atoms with van der Waals surface area (Å²) in [6, 6.07) is 10.2. The lowest BCUT2D eigenvalue weighted by molar-refractivity contribution is 1.15. The van der Waals surface area contributed by atoms with E-state index < -0.39 is 0 Å². The van der Waals surface area contributed by atoms with Crippen LogP contribution in [0.1, 0.15) is 0 Å². The number of pyridine rings is 1. The van der Waals surface area contributed by atoms with Crippen LogP contribution in [-0.2, 0) is 0 Å². The fraction of sp³-hybridized carbons (Fsp3) is 0. The van der Waals surface area contributed by atoms with Gasteiger partial charge in [0.15, 0.2) is 5.65 Å². The molecule has 0 saturated carbocycles. The van der Waals surface area contributed by atoms with E-state index >= 15 is 0 Å². The van der Waals surface area contributed by atoms with Crippen molar-refractivity contribution in [3.8, 4) is 11.3 Å². The summed E-state index contributed by atoms with van der Waals surface area (Å²) in [5.41, 5.74) is 2.63.